The van der Waals surface area contributed by atoms with Gasteiger partial charge in [-0.1, -0.05) is 18.2 Å². The van der Waals surface area contributed by atoms with Crippen LogP contribution in [0.3, 0.4) is 0 Å². The Hall–Kier alpha value is -1.06. The van der Waals surface area contributed by atoms with Crippen molar-refractivity contribution >= 4 is 0 Å². The van der Waals surface area contributed by atoms with Crippen LogP contribution in [0, 0.1) is 0 Å². The van der Waals surface area contributed by atoms with Crippen molar-refractivity contribution in [2.24, 2.45) is 0 Å². The van der Waals surface area contributed by atoms with Gasteiger partial charge in [-0.3, -0.25) is 0 Å². The average molecular weight is 236 g/mol. The Kier molecular flexibility index (Phi) is 4.54. The van der Waals surface area contributed by atoms with Crippen LogP contribution >= 0.6 is 0 Å². The molecular formula is C14H24N2O. The standard InChI is InChI=1S/C14H24N2O/c1-14(2,16(4)5)13(15-3)11-9-7-8-10-12(11)17-6/h7-10,13,15H,1-6H3. The Morgan fingerprint density at radius 2 is 1.82 bits per heavy atom. The molecule has 0 aliphatic heterocycles. The van der Waals surface area contributed by atoms with Gasteiger partial charge in [-0.25, -0.2) is 0 Å². The normalized spacial score (nSPS) is 13.8. The van der Waals surface area contributed by atoms with Gasteiger partial charge in [-0.05, 0) is 41.1 Å². The number of nitrogens with one attached hydrogen (secondary N) is 1. The predicted octanol–water partition coefficient (Wildman–Crippen LogP) is 2.30. The molecule has 0 radical (unpaired) electrons. The minimum atomic E-state index is 0.00336. The molecule has 0 spiro atoms. The van der Waals surface area contributed by atoms with Crippen LogP contribution in [-0.2, 0) is 0 Å². The number of likely N-dealkylation sites (N-methyl/N-ethyl adjacent to an activating group) is 2. The number of nitrogens with zero attached hydrogens (tertiary/aromatic N) is 1. The maximum absolute atomic E-state index is 5.44. The zero-order valence-electron chi connectivity index (χ0n) is 11.7. The lowest BCUT2D eigenvalue weighted by atomic mass is 9.87. The number of methoxy groups -OCH3 is 1. The number of para-hydroxylation sites is 1. The number of rotatable bonds is 5. The SMILES string of the molecule is CNC(c1ccccc1OC)C(C)(C)N(C)C. The molecule has 1 aromatic rings. The summed E-state index contributed by atoms with van der Waals surface area (Å²) < 4.78 is 5.44. The molecular weight excluding hydrogens is 212 g/mol. The lowest BCUT2D eigenvalue weighted by Crippen LogP contribution is -2.48. The summed E-state index contributed by atoms with van der Waals surface area (Å²) in [6, 6.07) is 8.39. The van der Waals surface area contributed by atoms with Crippen LogP contribution in [0.1, 0.15) is 25.5 Å². The van der Waals surface area contributed by atoms with E-state index in [1.54, 1.807) is 7.11 Å². The van der Waals surface area contributed by atoms with E-state index in [2.05, 4.69) is 44.2 Å². The molecule has 3 nitrogen and oxygen atoms in total. The van der Waals surface area contributed by atoms with Crippen molar-refractivity contribution in [2.75, 3.05) is 28.3 Å². The summed E-state index contributed by atoms with van der Waals surface area (Å²) in [6.07, 6.45) is 0. The molecule has 0 saturated heterocycles. The molecule has 3 heteroatoms. The van der Waals surface area contributed by atoms with Crippen molar-refractivity contribution in [3.05, 3.63) is 29.8 Å². The van der Waals surface area contributed by atoms with Crippen LogP contribution in [0.5, 0.6) is 5.75 Å². The second-order valence-electron chi connectivity index (χ2n) is 5.01. The third-order valence-corrected chi connectivity index (χ3v) is 3.60. The first kappa shape index (κ1) is 14.0. The van der Waals surface area contributed by atoms with E-state index in [-0.39, 0.29) is 11.6 Å². The van der Waals surface area contributed by atoms with Gasteiger partial charge in [0.1, 0.15) is 5.75 Å². The van der Waals surface area contributed by atoms with Crippen molar-refractivity contribution in [1.29, 1.82) is 0 Å². The molecule has 0 fully saturated rings. The lowest BCUT2D eigenvalue weighted by Gasteiger charge is -2.40. The van der Waals surface area contributed by atoms with Gasteiger partial charge in [0.15, 0.2) is 0 Å². The summed E-state index contributed by atoms with van der Waals surface area (Å²) in [5.74, 6) is 0.932. The Balaban J connectivity index is 3.18. The predicted molar refractivity (Wildman–Crippen MR) is 72.6 cm³/mol. The van der Waals surface area contributed by atoms with Crippen molar-refractivity contribution in [3.8, 4) is 5.75 Å². The fraction of sp³-hybridized carbons (Fsp3) is 0.571. The first-order valence-corrected chi connectivity index (χ1v) is 5.92. The van der Waals surface area contributed by atoms with Gasteiger partial charge in [0.2, 0.25) is 0 Å². The zero-order valence-corrected chi connectivity index (χ0v) is 11.7. The molecule has 96 valence electrons. The molecule has 0 aliphatic rings. The Morgan fingerprint density at radius 3 is 2.29 bits per heavy atom. The lowest BCUT2D eigenvalue weighted by molar-refractivity contribution is 0.141. The quantitative estimate of drug-likeness (QED) is 0.849. The molecule has 0 bridgehead atoms. The molecule has 0 heterocycles. The minimum Gasteiger partial charge on any atom is -0.496 e. The first-order chi connectivity index (χ1) is 7.95. The molecule has 0 aromatic heterocycles. The molecule has 0 amide bonds. The Morgan fingerprint density at radius 1 is 1.24 bits per heavy atom. The van der Waals surface area contributed by atoms with Gasteiger partial charge >= 0.3 is 0 Å². The molecule has 1 aromatic carbocycles. The van der Waals surface area contributed by atoms with Crippen molar-refractivity contribution in [3.63, 3.8) is 0 Å². The van der Waals surface area contributed by atoms with E-state index in [1.807, 2.05) is 25.2 Å². The van der Waals surface area contributed by atoms with E-state index in [4.69, 9.17) is 4.74 Å². The summed E-state index contributed by atoms with van der Waals surface area (Å²) in [7, 11) is 7.90. The number of hydrogen-bond acceptors (Lipinski definition) is 3. The van der Waals surface area contributed by atoms with Crippen LogP contribution in [0.4, 0.5) is 0 Å². The second kappa shape index (κ2) is 5.52. The van der Waals surface area contributed by atoms with Crippen LogP contribution < -0.4 is 10.1 Å². The molecule has 0 aliphatic carbocycles. The maximum Gasteiger partial charge on any atom is 0.123 e. The second-order valence-corrected chi connectivity index (χ2v) is 5.01. The molecule has 1 atom stereocenters. The molecule has 1 N–H and O–H groups in total. The Labute approximate surface area is 105 Å². The van der Waals surface area contributed by atoms with Crippen molar-refractivity contribution < 1.29 is 4.74 Å². The summed E-state index contributed by atoms with van der Waals surface area (Å²) in [6.45, 7) is 4.45. The zero-order chi connectivity index (χ0) is 13.1. The van der Waals surface area contributed by atoms with Gasteiger partial charge in [-0.15, -0.1) is 0 Å². The number of ether oxygens (including phenoxy) is 1. The average Bonchev–Trinajstić information content (AvgIpc) is 2.30. The largest absolute Gasteiger partial charge is 0.496 e. The van der Waals surface area contributed by atoms with Gasteiger partial charge in [0.25, 0.3) is 0 Å². The van der Waals surface area contributed by atoms with Crippen LogP contribution in [0.15, 0.2) is 24.3 Å². The Bertz CT molecular complexity index is 361. The summed E-state index contributed by atoms with van der Waals surface area (Å²) >= 11 is 0. The van der Waals surface area contributed by atoms with E-state index >= 15 is 0 Å². The van der Waals surface area contributed by atoms with Gasteiger partial charge in [-0.2, -0.15) is 0 Å². The van der Waals surface area contributed by atoms with Crippen LogP contribution in [0.2, 0.25) is 0 Å². The third kappa shape index (κ3) is 2.79. The van der Waals surface area contributed by atoms with E-state index in [9.17, 15) is 0 Å². The van der Waals surface area contributed by atoms with E-state index in [0.29, 0.717) is 0 Å². The maximum atomic E-state index is 5.44. The monoisotopic (exact) mass is 236 g/mol. The van der Waals surface area contributed by atoms with Crippen molar-refractivity contribution in [1.82, 2.24) is 10.2 Å². The van der Waals surface area contributed by atoms with Crippen LogP contribution in [0.25, 0.3) is 0 Å². The highest BCUT2D eigenvalue weighted by molar-refractivity contribution is 5.37. The van der Waals surface area contributed by atoms with Crippen LogP contribution in [-0.4, -0.2) is 38.7 Å². The molecule has 1 rings (SSSR count). The fourth-order valence-corrected chi connectivity index (χ4v) is 2.05. The summed E-state index contributed by atoms with van der Waals surface area (Å²) in [4.78, 5) is 2.22. The molecule has 0 saturated carbocycles. The van der Waals surface area contributed by atoms with Crippen molar-refractivity contribution in [2.45, 2.75) is 25.4 Å². The highest BCUT2D eigenvalue weighted by atomic mass is 16.5. The van der Waals surface area contributed by atoms with Gasteiger partial charge in [0, 0.05) is 11.1 Å². The van der Waals surface area contributed by atoms with E-state index in [0.717, 1.165) is 5.75 Å². The minimum absolute atomic E-state index is 0.00336. The first-order valence-electron chi connectivity index (χ1n) is 5.92. The summed E-state index contributed by atoms with van der Waals surface area (Å²) in [5.41, 5.74) is 1.19. The van der Waals surface area contributed by atoms with E-state index < -0.39 is 0 Å². The van der Waals surface area contributed by atoms with Gasteiger partial charge < -0.3 is 15.0 Å². The smallest absolute Gasteiger partial charge is 0.123 e. The number of hydrogen-bond donors (Lipinski definition) is 1. The topological polar surface area (TPSA) is 24.5 Å². The van der Waals surface area contributed by atoms with Gasteiger partial charge in [0.05, 0.1) is 13.2 Å². The third-order valence-electron chi connectivity index (χ3n) is 3.60. The molecule has 1 unspecified atom stereocenters. The highest BCUT2D eigenvalue weighted by Gasteiger charge is 2.33. The highest BCUT2D eigenvalue weighted by Crippen LogP contribution is 2.34. The van der Waals surface area contributed by atoms with E-state index in [1.165, 1.54) is 5.56 Å². The molecule has 17 heavy (non-hydrogen) atoms. The fourth-order valence-electron chi connectivity index (χ4n) is 2.05. The summed E-state index contributed by atoms with van der Waals surface area (Å²) in [5, 5.41) is 3.39. The number of benzene rings is 1.